The number of carbonyl (C=O) groups excluding carboxylic acids is 2. The summed E-state index contributed by atoms with van der Waals surface area (Å²) in [5.41, 5.74) is 3.42. The summed E-state index contributed by atoms with van der Waals surface area (Å²) in [6, 6.07) is 4.56. The third-order valence-electron chi connectivity index (χ3n) is 2.81. The molecule has 8 heteroatoms. The number of hydrogen-bond donors (Lipinski definition) is 3. The lowest BCUT2D eigenvalue weighted by molar-refractivity contribution is 0.00195. The Balaban J connectivity index is 3.64. The SMILES string of the molecule is CC(C)(C)OC(=O)c1ccc(C#N)c(NC(=N)N)c1C(=O)OC(C)(C)C. The number of ether oxygens (including phenoxy) is 2. The van der Waals surface area contributed by atoms with Crippen LogP contribution in [-0.2, 0) is 9.47 Å². The number of guanidine groups is 1. The summed E-state index contributed by atoms with van der Waals surface area (Å²) in [7, 11) is 0. The summed E-state index contributed by atoms with van der Waals surface area (Å²) in [6.07, 6.45) is 0. The van der Waals surface area contributed by atoms with Crippen molar-refractivity contribution in [3.8, 4) is 6.07 Å². The Morgan fingerprint density at radius 2 is 1.58 bits per heavy atom. The molecule has 0 aliphatic rings. The zero-order valence-corrected chi connectivity index (χ0v) is 15.8. The normalized spacial score (nSPS) is 11.3. The Morgan fingerprint density at radius 1 is 1.08 bits per heavy atom. The molecule has 0 atom stereocenters. The van der Waals surface area contributed by atoms with Crippen LogP contribution in [0.3, 0.4) is 0 Å². The minimum absolute atomic E-state index is 0.0355. The Kier molecular flexibility index (Phi) is 5.99. The van der Waals surface area contributed by atoms with Crippen molar-refractivity contribution < 1.29 is 19.1 Å². The first kappa shape index (κ1) is 21.0. The van der Waals surface area contributed by atoms with E-state index in [1.54, 1.807) is 41.5 Å². The second-order valence-corrected chi connectivity index (χ2v) is 7.56. The van der Waals surface area contributed by atoms with Gasteiger partial charge in [0.2, 0.25) is 0 Å². The summed E-state index contributed by atoms with van der Waals surface area (Å²) in [5.74, 6) is -2.08. The molecule has 0 heterocycles. The molecule has 0 saturated heterocycles. The van der Waals surface area contributed by atoms with E-state index in [-0.39, 0.29) is 22.4 Å². The van der Waals surface area contributed by atoms with E-state index in [0.29, 0.717) is 0 Å². The predicted molar refractivity (Wildman–Crippen MR) is 97.0 cm³/mol. The first-order valence-corrected chi connectivity index (χ1v) is 7.90. The van der Waals surface area contributed by atoms with Crippen molar-refractivity contribution in [2.24, 2.45) is 5.73 Å². The highest BCUT2D eigenvalue weighted by Gasteiger charge is 2.30. The molecule has 0 aliphatic carbocycles. The van der Waals surface area contributed by atoms with Gasteiger partial charge in [-0.15, -0.1) is 0 Å². The molecular weight excluding hydrogens is 336 g/mol. The fourth-order valence-corrected chi connectivity index (χ4v) is 2.00. The lowest BCUT2D eigenvalue weighted by atomic mass is 10.00. The van der Waals surface area contributed by atoms with Crippen LogP contribution in [0.25, 0.3) is 0 Å². The van der Waals surface area contributed by atoms with E-state index < -0.39 is 29.1 Å². The van der Waals surface area contributed by atoms with Gasteiger partial charge >= 0.3 is 11.9 Å². The van der Waals surface area contributed by atoms with E-state index >= 15 is 0 Å². The molecule has 0 aliphatic heterocycles. The smallest absolute Gasteiger partial charge is 0.341 e. The van der Waals surface area contributed by atoms with E-state index in [1.807, 2.05) is 6.07 Å². The number of benzene rings is 1. The summed E-state index contributed by atoms with van der Waals surface area (Å²) < 4.78 is 10.7. The first-order chi connectivity index (χ1) is 11.7. The van der Waals surface area contributed by atoms with E-state index in [9.17, 15) is 14.9 Å². The predicted octanol–water partition coefficient (Wildman–Crippen LogP) is 2.77. The van der Waals surface area contributed by atoms with Gasteiger partial charge in [0.15, 0.2) is 5.96 Å². The monoisotopic (exact) mass is 360 g/mol. The summed E-state index contributed by atoms with van der Waals surface area (Å²) in [4.78, 5) is 25.3. The highest BCUT2D eigenvalue weighted by Crippen LogP contribution is 2.28. The zero-order valence-electron chi connectivity index (χ0n) is 15.8. The molecule has 0 saturated carbocycles. The number of nitrogens with two attached hydrogens (primary N) is 1. The van der Waals surface area contributed by atoms with Gasteiger partial charge in [-0.05, 0) is 53.7 Å². The average molecular weight is 360 g/mol. The first-order valence-electron chi connectivity index (χ1n) is 7.90. The molecule has 0 amide bonds. The lowest BCUT2D eigenvalue weighted by Crippen LogP contribution is -2.30. The van der Waals surface area contributed by atoms with Crippen molar-refractivity contribution in [1.29, 1.82) is 10.7 Å². The lowest BCUT2D eigenvalue weighted by Gasteiger charge is -2.24. The zero-order chi connectivity index (χ0) is 20.3. The topological polar surface area (TPSA) is 138 Å². The molecular formula is C18H24N4O4. The maximum atomic E-state index is 12.7. The van der Waals surface area contributed by atoms with Crippen molar-refractivity contribution in [1.82, 2.24) is 0 Å². The molecule has 4 N–H and O–H groups in total. The molecule has 1 aromatic rings. The second-order valence-electron chi connectivity index (χ2n) is 7.56. The van der Waals surface area contributed by atoms with Gasteiger partial charge in [-0.3, -0.25) is 5.41 Å². The molecule has 1 aromatic carbocycles. The van der Waals surface area contributed by atoms with Gasteiger partial charge in [-0.25, -0.2) is 9.59 Å². The largest absolute Gasteiger partial charge is 0.456 e. The number of esters is 2. The number of rotatable bonds is 3. The number of nitrogens with one attached hydrogen (secondary N) is 2. The molecule has 0 unspecified atom stereocenters. The highest BCUT2D eigenvalue weighted by molar-refractivity contribution is 6.10. The molecule has 0 bridgehead atoms. The van der Waals surface area contributed by atoms with Crippen molar-refractivity contribution in [2.45, 2.75) is 52.7 Å². The average Bonchev–Trinajstić information content (AvgIpc) is 2.42. The number of nitriles is 1. The Labute approximate surface area is 152 Å². The molecule has 26 heavy (non-hydrogen) atoms. The van der Waals surface area contributed by atoms with Crippen LogP contribution in [0.15, 0.2) is 12.1 Å². The summed E-state index contributed by atoms with van der Waals surface area (Å²) in [5, 5.41) is 19.2. The summed E-state index contributed by atoms with van der Waals surface area (Å²) in [6.45, 7) is 10.1. The number of hydrogen-bond acceptors (Lipinski definition) is 6. The number of nitrogens with zero attached hydrogens (tertiary/aromatic N) is 1. The third kappa shape index (κ3) is 5.77. The molecule has 140 valence electrons. The summed E-state index contributed by atoms with van der Waals surface area (Å²) >= 11 is 0. The maximum Gasteiger partial charge on any atom is 0.341 e. The van der Waals surface area contributed by atoms with E-state index in [0.717, 1.165) is 0 Å². The van der Waals surface area contributed by atoms with Crippen LogP contribution in [-0.4, -0.2) is 29.1 Å². The minimum atomic E-state index is -0.835. The second kappa shape index (κ2) is 7.44. The number of anilines is 1. The third-order valence-corrected chi connectivity index (χ3v) is 2.81. The van der Waals surface area contributed by atoms with Crippen LogP contribution in [0.2, 0.25) is 0 Å². The van der Waals surface area contributed by atoms with Crippen LogP contribution in [0, 0.1) is 16.7 Å². The van der Waals surface area contributed by atoms with Crippen molar-refractivity contribution >= 4 is 23.6 Å². The van der Waals surface area contributed by atoms with E-state index in [4.69, 9.17) is 20.6 Å². The molecule has 0 fully saturated rings. The van der Waals surface area contributed by atoms with Gasteiger partial charge in [0.05, 0.1) is 22.4 Å². The van der Waals surface area contributed by atoms with Crippen LogP contribution < -0.4 is 11.1 Å². The maximum absolute atomic E-state index is 12.7. The van der Waals surface area contributed by atoms with Crippen LogP contribution in [0.4, 0.5) is 5.69 Å². The van der Waals surface area contributed by atoms with E-state index in [2.05, 4.69) is 5.32 Å². The quantitative estimate of drug-likeness (QED) is 0.428. The van der Waals surface area contributed by atoms with Gasteiger partial charge in [0.25, 0.3) is 0 Å². The fraction of sp³-hybridized carbons (Fsp3) is 0.444. The van der Waals surface area contributed by atoms with Gasteiger partial charge in [-0.1, -0.05) is 0 Å². The Bertz CT molecular complexity index is 780. The fourth-order valence-electron chi connectivity index (χ4n) is 2.00. The molecule has 0 aromatic heterocycles. The Morgan fingerprint density at radius 3 is 2.00 bits per heavy atom. The Hall–Kier alpha value is -3.08. The van der Waals surface area contributed by atoms with Crippen molar-refractivity contribution in [2.75, 3.05) is 5.32 Å². The van der Waals surface area contributed by atoms with E-state index in [1.165, 1.54) is 12.1 Å². The van der Waals surface area contributed by atoms with Gasteiger partial charge in [0.1, 0.15) is 17.3 Å². The molecule has 0 radical (unpaired) electrons. The molecule has 8 nitrogen and oxygen atoms in total. The van der Waals surface area contributed by atoms with Crippen LogP contribution in [0.5, 0.6) is 0 Å². The van der Waals surface area contributed by atoms with Gasteiger partial charge < -0.3 is 20.5 Å². The highest BCUT2D eigenvalue weighted by atomic mass is 16.6. The minimum Gasteiger partial charge on any atom is -0.456 e. The van der Waals surface area contributed by atoms with Crippen molar-refractivity contribution in [3.05, 3.63) is 28.8 Å². The van der Waals surface area contributed by atoms with Crippen LogP contribution in [0.1, 0.15) is 67.8 Å². The van der Waals surface area contributed by atoms with Crippen LogP contribution >= 0.6 is 0 Å². The van der Waals surface area contributed by atoms with Gasteiger partial charge in [-0.2, -0.15) is 5.26 Å². The molecule has 1 rings (SSSR count). The molecule has 0 spiro atoms. The standard InChI is InChI=1S/C18H24N4O4/c1-17(2,3)25-14(23)11-8-7-10(9-19)13(22-16(20)21)12(11)15(24)26-18(4,5)6/h7-8H,1-6H3,(H4,20,21,22). The van der Waals surface area contributed by atoms with Crippen molar-refractivity contribution in [3.63, 3.8) is 0 Å². The number of carbonyl (C=O) groups is 2. The van der Waals surface area contributed by atoms with Gasteiger partial charge in [0, 0.05) is 0 Å².